The van der Waals surface area contributed by atoms with Gasteiger partial charge in [-0.05, 0) is 56.9 Å². The maximum absolute atomic E-state index is 15.2. The van der Waals surface area contributed by atoms with Crippen LogP contribution in [0.25, 0.3) is 43.8 Å². The normalized spacial score (nSPS) is 11.9. The summed E-state index contributed by atoms with van der Waals surface area (Å²) < 4.78 is 133. The number of hydrogen-bond acceptors (Lipinski definition) is 1. The Kier molecular flexibility index (Phi) is 6.00. The molecule has 0 atom stereocenters. The number of alkyl halides is 3. The van der Waals surface area contributed by atoms with E-state index < -0.39 is 57.8 Å². The fourth-order valence-electron chi connectivity index (χ4n) is 4.61. The summed E-state index contributed by atoms with van der Waals surface area (Å²) >= 11 is 0. The predicted octanol–water partition coefficient (Wildman–Crippen LogP) is 9.19. The second-order valence-corrected chi connectivity index (χ2v) is 8.34. The third kappa shape index (κ3) is 3.82. The van der Waals surface area contributed by atoms with E-state index in [2.05, 4.69) is 0 Å². The molecule has 0 radical (unpaired) electrons. The predicted molar refractivity (Wildman–Crippen MR) is 124 cm³/mol. The zero-order chi connectivity index (χ0) is 27.5. The van der Waals surface area contributed by atoms with Crippen LogP contribution in [0, 0.1) is 34.9 Å². The van der Waals surface area contributed by atoms with Crippen LogP contribution in [0.2, 0.25) is 0 Å². The van der Waals surface area contributed by atoms with Crippen molar-refractivity contribution in [3.05, 3.63) is 101 Å². The first-order valence-corrected chi connectivity index (χ1v) is 10.9. The Labute approximate surface area is 208 Å². The van der Waals surface area contributed by atoms with Crippen LogP contribution in [-0.2, 0) is 6.18 Å². The van der Waals surface area contributed by atoms with Gasteiger partial charge in [-0.25, -0.2) is 26.3 Å². The number of ether oxygens (including phenoxy) is 1. The lowest BCUT2D eigenvalue weighted by atomic mass is 9.85. The SMILES string of the molecule is COc1ccc(-c2c3ccccc3c(-c3c(F)c(F)c(C(F)(F)F)c(F)c3F)c3cc(F)c(F)cc23)cc1. The van der Waals surface area contributed by atoms with Crippen LogP contribution in [0.1, 0.15) is 5.56 Å². The molecule has 0 aliphatic heterocycles. The van der Waals surface area contributed by atoms with Gasteiger partial charge >= 0.3 is 6.18 Å². The summed E-state index contributed by atoms with van der Waals surface area (Å²) in [5, 5.41) is -0.370. The van der Waals surface area contributed by atoms with Crippen LogP contribution in [0.5, 0.6) is 5.75 Å². The van der Waals surface area contributed by atoms with E-state index in [9.17, 15) is 30.7 Å². The fraction of sp³-hybridized carbons (Fsp3) is 0.0714. The van der Waals surface area contributed by atoms with Crippen LogP contribution >= 0.6 is 0 Å². The first kappa shape index (κ1) is 25.4. The first-order chi connectivity index (χ1) is 18.0. The Morgan fingerprint density at radius 1 is 0.553 bits per heavy atom. The monoisotopic (exact) mass is 536 g/mol. The standard InChI is InChI=1S/C28H13F9O/c1-38-13-8-6-12(7-9-13)20-14-4-2-3-5-15(14)21(17-11-19(30)18(29)10-16(17)20)22-24(31)26(33)23(28(35,36)37)27(34)25(22)32/h2-11H,1H3. The number of halogens is 9. The van der Waals surface area contributed by atoms with Crippen molar-refractivity contribution in [2.24, 2.45) is 0 Å². The van der Waals surface area contributed by atoms with Gasteiger partial charge in [0.05, 0.1) is 12.7 Å². The van der Waals surface area contributed by atoms with Crippen LogP contribution in [0.3, 0.4) is 0 Å². The van der Waals surface area contributed by atoms with Crippen LogP contribution in [0.15, 0.2) is 60.7 Å². The maximum Gasteiger partial charge on any atom is 0.422 e. The Morgan fingerprint density at radius 2 is 1.03 bits per heavy atom. The highest BCUT2D eigenvalue weighted by Crippen LogP contribution is 2.47. The Bertz CT molecular complexity index is 1710. The van der Waals surface area contributed by atoms with Crippen LogP contribution in [0.4, 0.5) is 39.5 Å². The zero-order valence-corrected chi connectivity index (χ0v) is 19.1. The third-order valence-corrected chi connectivity index (χ3v) is 6.24. The van der Waals surface area contributed by atoms with Gasteiger partial charge in [0.25, 0.3) is 0 Å². The minimum absolute atomic E-state index is 0.0758. The summed E-state index contributed by atoms with van der Waals surface area (Å²) in [5.74, 6) is -12.3. The Balaban J connectivity index is 2.01. The van der Waals surface area contributed by atoms with Crippen molar-refractivity contribution < 1.29 is 44.3 Å². The van der Waals surface area contributed by atoms with E-state index in [-0.39, 0.29) is 27.1 Å². The van der Waals surface area contributed by atoms with Crippen LogP contribution in [-0.4, -0.2) is 7.11 Å². The molecule has 1 nitrogen and oxygen atoms in total. The molecule has 0 aliphatic carbocycles. The molecule has 5 rings (SSSR count). The molecular formula is C28H13F9O. The second kappa shape index (κ2) is 8.97. The topological polar surface area (TPSA) is 9.23 Å². The highest BCUT2D eigenvalue weighted by molar-refractivity contribution is 6.21. The fourth-order valence-corrected chi connectivity index (χ4v) is 4.61. The lowest BCUT2D eigenvalue weighted by Crippen LogP contribution is -2.16. The highest BCUT2D eigenvalue weighted by Gasteiger charge is 2.43. The van der Waals surface area contributed by atoms with Crippen molar-refractivity contribution >= 4 is 21.5 Å². The van der Waals surface area contributed by atoms with Gasteiger partial charge in [-0.3, -0.25) is 0 Å². The summed E-state index contributed by atoms with van der Waals surface area (Å²) in [4.78, 5) is 0. The highest BCUT2D eigenvalue weighted by atomic mass is 19.4. The molecule has 0 spiro atoms. The molecule has 0 unspecified atom stereocenters. The molecule has 0 amide bonds. The quantitative estimate of drug-likeness (QED) is 0.127. The molecule has 0 fully saturated rings. The van der Waals surface area contributed by atoms with E-state index in [1.54, 1.807) is 24.3 Å². The van der Waals surface area contributed by atoms with Crippen molar-refractivity contribution in [1.82, 2.24) is 0 Å². The molecule has 0 heterocycles. The van der Waals surface area contributed by atoms with E-state index in [0.717, 1.165) is 6.07 Å². The van der Waals surface area contributed by atoms with Gasteiger partial charge in [0.15, 0.2) is 34.9 Å². The average molecular weight is 536 g/mol. The minimum atomic E-state index is -5.74. The first-order valence-electron chi connectivity index (χ1n) is 10.9. The van der Waals surface area contributed by atoms with Gasteiger partial charge in [-0.15, -0.1) is 0 Å². The minimum Gasteiger partial charge on any atom is -0.497 e. The average Bonchev–Trinajstić information content (AvgIpc) is 2.88. The molecule has 0 aliphatic rings. The van der Waals surface area contributed by atoms with Gasteiger partial charge in [0.1, 0.15) is 11.3 Å². The van der Waals surface area contributed by atoms with Crippen molar-refractivity contribution in [1.29, 1.82) is 0 Å². The van der Waals surface area contributed by atoms with Gasteiger partial charge < -0.3 is 4.74 Å². The smallest absolute Gasteiger partial charge is 0.422 e. The molecule has 5 aromatic rings. The lowest BCUT2D eigenvalue weighted by Gasteiger charge is -2.20. The Morgan fingerprint density at radius 3 is 1.50 bits per heavy atom. The molecule has 0 saturated heterocycles. The van der Waals surface area contributed by atoms with Gasteiger partial charge in [-0.1, -0.05) is 36.4 Å². The zero-order valence-electron chi connectivity index (χ0n) is 19.1. The van der Waals surface area contributed by atoms with Crippen molar-refractivity contribution in [2.45, 2.75) is 6.18 Å². The molecular weight excluding hydrogens is 523 g/mol. The maximum atomic E-state index is 15.2. The van der Waals surface area contributed by atoms with Gasteiger partial charge in [-0.2, -0.15) is 13.2 Å². The largest absolute Gasteiger partial charge is 0.497 e. The van der Waals surface area contributed by atoms with Crippen molar-refractivity contribution in [3.63, 3.8) is 0 Å². The number of hydrogen-bond donors (Lipinski definition) is 0. The summed E-state index contributed by atoms with van der Waals surface area (Å²) in [7, 11) is 1.43. The molecule has 38 heavy (non-hydrogen) atoms. The van der Waals surface area contributed by atoms with E-state index in [1.165, 1.54) is 31.4 Å². The molecule has 10 heteroatoms. The van der Waals surface area contributed by atoms with E-state index in [0.29, 0.717) is 17.4 Å². The number of methoxy groups -OCH3 is 1. The molecule has 0 bridgehead atoms. The molecule has 0 aromatic heterocycles. The third-order valence-electron chi connectivity index (χ3n) is 6.24. The van der Waals surface area contributed by atoms with Crippen molar-refractivity contribution in [3.8, 4) is 28.0 Å². The molecule has 0 N–H and O–H groups in total. The summed E-state index contributed by atoms with van der Waals surface area (Å²) in [5.41, 5.74) is -4.16. The van der Waals surface area contributed by atoms with E-state index >= 15 is 8.78 Å². The molecule has 5 aromatic carbocycles. The van der Waals surface area contributed by atoms with E-state index in [1.807, 2.05) is 0 Å². The molecule has 194 valence electrons. The number of benzene rings is 5. The summed E-state index contributed by atoms with van der Waals surface area (Å²) in [6.45, 7) is 0. The lowest BCUT2D eigenvalue weighted by molar-refractivity contribution is -0.143. The number of fused-ring (bicyclic) bond motifs is 2. The van der Waals surface area contributed by atoms with Crippen molar-refractivity contribution in [2.75, 3.05) is 7.11 Å². The number of rotatable bonds is 3. The molecule has 0 saturated carbocycles. The van der Waals surface area contributed by atoms with Gasteiger partial charge in [0, 0.05) is 5.56 Å². The van der Waals surface area contributed by atoms with Crippen LogP contribution < -0.4 is 4.74 Å². The summed E-state index contributed by atoms with van der Waals surface area (Å²) in [6, 6.07) is 13.3. The summed E-state index contributed by atoms with van der Waals surface area (Å²) in [6.07, 6.45) is -5.74. The van der Waals surface area contributed by atoms with Gasteiger partial charge in [0.2, 0.25) is 0 Å². The second-order valence-electron chi connectivity index (χ2n) is 8.34. The van der Waals surface area contributed by atoms with E-state index in [4.69, 9.17) is 4.74 Å². The Hall–Kier alpha value is -4.21.